The van der Waals surface area contributed by atoms with E-state index in [4.69, 9.17) is 4.74 Å². The van der Waals surface area contributed by atoms with Crippen LogP contribution < -0.4 is 5.32 Å². The molecule has 8 heteroatoms. The predicted octanol–water partition coefficient (Wildman–Crippen LogP) is 5.08. The van der Waals surface area contributed by atoms with Crippen molar-refractivity contribution >= 4 is 17.7 Å². The van der Waals surface area contributed by atoms with Gasteiger partial charge in [-0.05, 0) is 54.4 Å². The monoisotopic (exact) mass is 476 g/mol. The number of methoxy groups -OCH3 is 1. The molecule has 0 radical (unpaired) electrons. The highest BCUT2D eigenvalue weighted by Gasteiger charge is 2.15. The first-order chi connectivity index (χ1) is 16.5. The van der Waals surface area contributed by atoms with Crippen molar-refractivity contribution in [3.8, 4) is 5.69 Å². The number of hydrogen-bond acceptors (Lipinski definition) is 5. The molecule has 174 valence electrons. The third-order valence-corrected chi connectivity index (χ3v) is 6.22. The largest absolute Gasteiger partial charge is 0.377 e. The lowest BCUT2D eigenvalue weighted by molar-refractivity contribution is 0.0951. The summed E-state index contributed by atoms with van der Waals surface area (Å²) in [7, 11) is 1.64. The SMILES string of the molecule is COCc1nnc(SCc2ccc(C(=O)NCc3ccc(F)cc3)cc2)n1-c1ccc(C)cc1. The van der Waals surface area contributed by atoms with E-state index in [0.29, 0.717) is 24.5 Å². The fourth-order valence-electron chi connectivity index (χ4n) is 3.36. The molecule has 0 bridgehead atoms. The molecule has 0 aliphatic rings. The van der Waals surface area contributed by atoms with Gasteiger partial charge < -0.3 is 10.1 Å². The van der Waals surface area contributed by atoms with E-state index in [1.807, 2.05) is 35.8 Å². The number of ether oxygens (including phenoxy) is 1. The molecule has 4 rings (SSSR count). The number of halogens is 1. The minimum absolute atomic E-state index is 0.174. The standard InChI is InChI=1S/C26H25FN4O2S/c1-18-3-13-23(14-4-18)31-24(16-33-2)29-30-26(31)34-17-20-5-9-21(10-6-20)25(32)28-15-19-7-11-22(27)12-8-19/h3-14H,15-17H2,1-2H3,(H,28,32). The van der Waals surface area contributed by atoms with Crippen molar-refractivity contribution in [3.05, 3.63) is 107 Å². The molecule has 0 saturated heterocycles. The Bertz CT molecular complexity index is 1240. The number of nitrogens with zero attached hydrogens (tertiary/aromatic N) is 3. The van der Waals surface area contributed by atoms with Crippen molar-refractivity contribution < 1.29 is 13.9 Å². The van der Waals surface area contributed by atoms with Gasteiger partial charge in [-0.1, -0.05) is 53.7 Å². The zero-order valence-electron chi connectivity index (χ0n) is 19.0. The lowest BCUT2D eigenvalue weighted by atomic mass is 10.1. The number of benzene rings is 3. The van der Waals surface area contributed by atoms with E-state index in [9.17, 15) is 9.18 Å². The van der Waals surface area contributed by atoms with E-state index >= 15 is 0 Å². The van der Waals surface area contributed by atoms with Gasteiger partial charge in [0.05, 0.1) is 0 Å². The number of aryl methyl sites for hydroxylation is 1. The summed E-state index contributed by atoms with van der Waals surface area (Å²) in [4.78, 5) is 12.4. The maximum atomic E-state index is 13.0. The van der Waals surface area contributed by atoms with Crippen molar-refractivity contribution in [2.45, 2.75) is 31.0 Å². The van der Waals surface area contributed by atoms with Gasteiger partial charge in [0.25, 0.3) is 5.91 Å². The fraction of sp³-hybridized carbons (Fsp3) is 0.192. The van der Waals surface area contributed by atoms with Crippen LogP contribution in [0.3, 0.4) is 0 Å². The summed E-state index contributed by atoms with van der Waals surface area (Å²) in [6, 6.07) is 21.7. The lowest BCUT2D eigenvalue weighted by Gasteiger charge is -2.10. The van der Waals surface area contributed by atoms with Crippen molar-refractivity contribution in [1.29, 1.82) is 0 Å². The molecule has 0 saturated carbocycles. The number of nitrogens with one attached hydrogen (secondary N) is 1. The molecule has 6 nitrogen and oxygen atoms in total. The molecule has 34 heavy (non-hydrogen) atoms. The molecule has 1 amide bonds. The Labute approximate surface area is 202 Å². The Kier molecular flexibility index (Phi) is 7.72. The number of aromatic nitrogens is 3. The van der Waals surface area contributed by atoms with Crippen LogP contribution >= 0.6 is 11.8 Å². The van der Waals surface area contributed by atoms with Crippen molar-refractivity contribution in [1.82, 2.24) is 20.1 Å². The highest BCUT2D eigenvalue weighted by molar-refractivity contribution is 7.98. The smallest absolute Gasteiger partial charge is 0.251 e. The molecule has 0 spiro atoms. The van der Waals surface area contributed by atoms with Crippen molar-refractivity contribution in [3.63, 3.8) is 0 Å². The van der Waals surface area contributed by atoms with Crippen LogP contribution in [0, 0.1) is 12.7 Å². The molecule has 0 unspecified atom stereocenters. The third-order valence-electron chi connectivity index (χ3n) is 5.22. The fourth-order valence-corrected chi connectivity index (χ4v) is 4.28. The van der Waals surface area contributed by atoms with Crippen LogP contribution in [-0.4, -0.2) is 27.8 Å². The second kappa shape index (κ2) is 11.1. The van der Waals surface area contributed by atoms with Gasteiger partial charge in [0.1, 0.15) is 12.4 Å². The van der Waals surface area contributed by atoms with Crippen LogP contribution in [0.4, 0.5) is 4.39 Å². The first-order valence-corrected chi connectivity index (χ1v) is 11.8. The summed E-state index contributed by atoms with van der Waals surface area (Å²) in [6.45, 7) is 2.76. The number of carbonyl (C=O) groups excluding carboxylic acids is 1. The number of carbonyl (C=O) groups is 1. The molecule has 3 aromatic carbocycles. The van der Waals surface area contributed by atoms with E-state index in [1.165, 1.54) is 17.7 Å². The summed E-state index contributed by atoms with van der Waals surface area (Å²) < 4.78 is 20.3. The Hall–Kier alpha value is -3.49. The van der Waals surface area contributed by atoms with Gasteiger partial charge in [-0.25, -0.2) is 4.39 Å². The Morgan fingerprint density at radius 3 is 2.32 bits per heavy atom. The maximum Gasteiger partial charge on any atom is 0.251 e. The number of rotatable bonds is 9. The van der Waals surface area contributed by atoms with E-state index < -0.39 is 0 Å². The Balaban J connectivity index is 1.40. The van der Waals surface area contributed by atoms with Crippen LogP contribution in [0.1, 0.15) is 32.9 Å². The van der Waals surface area contributed by atoms with Crippen LogP contribution in [-0.2, 0) is 23.6 Å². The zero-order chi connectivity index (χ0) is 23.9. The molecule has 1 aromatic heterocycles. The molecule has 0 aliphatic heterocycles. The summed E-state index contributed by atoms with van der Waals surface area (Å²) in [5.41, 5.74) is 4.64. The molecular weight excluding hydrogens is 451 g/mol. The number of amides is 1. The first-order valence-electron chi connectivity index (χ1n) is 10.8. The van der Waals surface area contributed by atoms with Gasteiger partial charge in [-0.3, -0.25) is 9.36 Å². The van der Waals surface area contributed by atoms with Gasteiger partial charge >= 0.3 is 0 Å². The van der Waals surface area contributed by atoms with E-state index in [-0.39, 0.29) is 11.7 Å². The summed E-state index contributed by atoms with van der Waals surface area (Å²) in [5.74, 6) is 0.943. The topological polar surface area (TPSA) is 69.0 Å². The highest BCUT2D eigenvalue weighted by atomic mass is 32.2. The first kappa shape index (κ1) is 23.7. The molecule has 0 atom stereocenters. The van der Waals surface area contributed by atoms with Crippen LogP contribution in [0.5, 0.6) is 0 Å². The van der Waals surface area contributed by atoms with E-state index in [1.54, 1.807) is 43.1 Å². The van der Waals surface area contributed by atoms with Crippen LogP contribution in [0.15, 0.2) is 78.0 Å². The summed E-state index contributed by atoms with van der Waals surface area (Å²) in [6.07, 6.45) is 0. The average molecular weight is 477 g/mol. The second-order valence-corrected chi connectivity index (χ2v) is 8.74. The molecule has 0 fully saturated rings. The van der Waals surface area contributed by atoms with Crippen molar-refractivity contribution in [2.75, 3.05) is 7.11 Å². The molecule has 1 N–H and O–H groups in total. The average Bonchev–Trinajstić information content (AvgIpc) is 3.25. The van der Waals surface area contributed by atoms with Crippen LogP contribution in [0.25, 0.3) is 5.69 Å². The lowest BCUT2D eigenvalue weighted by Crippen LogP contribution is -2.22. The van der Waals surface area contributed by atoms with E-state index in [0.717, 1.165) is 27.8 Å². The number of hydrogen-bond donors (Lipinski definition) is 1. The highest BCUT2D eigenvalue weighted by Crippen LogP contribution is 2.26. The van der Waals surface area contributed by atoms with Gasteiger partial charge in [0.2, 0.25) is 0 Å². The minimum Gasteiger partial charge on any atom is -0.377 e. The van der Waals surface area contributed by atoms with E-state index in [2.05, 4.69) is 27.6 Å². The second-order valence-electron chi connectivity index (χ2n) is 7.80. The zero-order valence-corrected chi connectivity index (χ0v) is 19.8. The van der Waals surface area contributed by atoms with Crippen LogP contribution in [0.2, 0.25) is 0 Å². The Morgan fingerprint density at radius 2 is 1.65 bits per heavy atom. The quantitative estimate of drug-likeness (QED) is 0.341. The predicted molar refractivity (Wildman–Crippen MR) is 130 cm³/mol. The normalized spacial score (nSPS) is 10.9. The van der Waals surface area contributed by atoms with Crippen molar-refractivity contribution in [2.24, 2.45) is 0 Å². The minimum atomic E-state index is -0.296. The molecular formula is C26H25FN4O2S. The summed E-state index contributed by atoms with van der Waals surface area (Å²) in [5, 5.41) is 12.3. The molecule has 0 aliphatic carbocycles. The van der Waals surface area contributed by atoms with Gasteiger partial charge in [0, 0.05) is 30.7 Å². The number of thioether (sulfide) groups is 1. The van der Waals surface area contributed by atoms with Gasteiger partial charge in [-0.15, -0.1) is 10.2 Å². The molecule has 4 aromatic rings. The summed E-state index contributed by atoms with van der Waals surface area (Å²) >= 11 is 1.57. The molecule has 1 heterocycles. The third kappa shape index (κ3) is 5.89. The maximum absolute atomic E-state index is 13.0. The van der Waals surface area contributed by atoms with Gasteiger partial charge in [0.15, 0.2) is 11.0 Å². The van der Waals surface area contributed by atoms with Gasteiger partial charge in [-0.2, -0.15) is 0 Å². The Morgan fingerprint density at radius 1 is 0.971 bits per heavy atom.